The van der Waals surface area contributed by atoms with E-state index in [1.165, 1.54) is 0 Å². The molecule has 0 unspecified atom stereocenters. The van der Waals surface area contributed by atoms with E-state index in [9.17, 15) is 0 Å². The summed E-state index contributed by atoms with van der Waals surface area (Å²) >= 11 is 0. The van der Waals surface area contributed by atoms with Gasteiger partial charge in [0.25, 0.3) is 0 Å². The van der Waals surface area contributed by atoms with Gasteiger partial charge in [-0.05, 0) is 0 Å². The Kier molecular flexibility index (Phi) is 1.24. The van der Waals surface area contributed by atoms with Crippen LogP contribution in [0.25, 0.3) is 0 Å². The third kappa shape index (κ3) is 0.748. The van der Waals surface area contributed by atoms with E-state index in [4.69, 9.17) is 9.47 Å². The summed E-state index contributed by atoms with van der Waals surface area (Å²) in [4.78, 5) is 0. The smallest absolute Gasteiger partial charge is 0.106 e. The number of ether oxygens (including phenoxy) is 2. The van der Waals surface area contributed by atoms with Gasteiger partial charge in [-0.1, -0.05) is 5.21 Å². The summed E-state index contributed by atoms with van der Waals surface area (Å²) in [6.45, 7) is 1.99. The largest absolute Gasteiger partial charge is 0.376 e. The summed E-state index contributed by atoms with van der Waals surface area (Å²) in [5, 5.41) is 7.85. The first kappa shape index (κ1) is 6.56. The Balaban J connectivity index is 2.04. The molecular formula is C7H9N3O2. The van der Waals surface area contributed by atoms with Gasteiger partial charge in [-0.15, -0.1) is 5.10 Å². The molecule has 2 atom stereocenters. The van der Waals surface area contributed by atoms with Crippen LogP contribution in [0.2, 0.25) is 0 Å². The van der Waals surface area contributed by atoms with Crippen LogP contribution < -0.4 is 0 Å². The first-order chi connectivity index (χ1) is 5.95. The molecule has 0 amide bonds. The van der Waals surface area contributed by atoms with Crippen molar-refractivity contribution in [3.8, 4) is 0 Å². The summed E-state index contributed by atoms with van der Waals surface area (Å²) in [6.07, 6.45) is 1.92. The second-order valence-corrected chi connectivity index (χ2v) is 3.12. The molecule has 0 saturated carbocycles. The highest BCUT2D eigenvalue weighted by Gasteiger charge is 2.36. The SMILES string of the molecule is c1nnn2c1CO[C@@H]1COC[C@H]12. The van der Waals surface area contributed by atoms with E-state index >= 15 is 0 Å². The molecule has 64 valence electrons. The second-order valence-electron chi connectivity index (χ2n) is 3.12. The van der Waals surface area contributed by atoms with Crippen molar-refractivity contribution in [2.24, 2.45) is 0 Å². The molecule has 0 radical (unpaired) electrons. The minimum atomic E-state index is 0.180. The predicted molar refractivity (Wildman–Crippen MR) is 38.5 cm³/mol. The summed E-state index contributed by atoms with van der Waals surface area (Å²) in [5.41, 5.74) is 1.04. The molecule has 5 heteroatoms. The third-order valence-electron chi connectivity index (χ3n) is 2.41. The van der Waals surface area contributed by atoms with Crippen molar-refractivity contribution in [1.82, 2.24) is 15.0 Å². The molecule has 0 bridgehead atoms. The van der Waals surface area contributed by atoms with Gasteiger partial charge in [0.1, 0.15) is 12.1 Å². The highest BCUT2D eigenvalue weighted by molar-refractivity contribution is 5.00. The maximum atomic E-state index is 5.56. The first-order valence-electron chi connectivity index (χ1n) is 4.03. The van der Waals surface area contributed by atoms with E-state index in [0.29, 0.717) is 19.8 Å². The molecule has 3 rings (SSSR count). The average Bonchev–Trinajstić information content (AvgIpc) is 2.71. The van der Waals surface area contributed by atoms with Crippen molar-refractivity contribution in [2.75, 3.05) is 13.2 Å². The molecule has 1 aromatic heterocycles. The van der Waals surface area contributed by atoms with E-state index in [-0.39, 0.29) is 12.1 Å². The molecule has 2 aliphatic rings. The Morgan fingerprint density at radius 2 is 2.50 bits per heavy atom. The Bertz CT molecular complexity index is 299. The van der Waals surface area contributed by atoms with Gasteiger partial charge in [0.15, 0.2) is 0 Å². The number of hydrogen-bond acceptors (Lipinski definition) is 4. The zero-order valence-electron chi connectivity index (χ0n) is 6.51. The first-order valence-corrected chi connectivity index (χ1v) is 4.03. The molecule has 12 heavy (non-hydrogen) atoms. The van der Waals surface area contributed by atoms with Crippen LogP contribution in [0, 0.1) is 0 Å². The van der Waals surface area contributed by atoms with Crippen LogP contribution in [-0.4, -0.2) is 34.3 Å². The van der Waals surface area contributed by atoms with Crippen molar-refractivity contribution in [3.05, 3.63) is 11.9 Å². The fourth-order valence-corrected chi connectivity index (χ4v) is 1.75. The van der Waals surface area contributed by atoms with Crippen LogP contribution >= 0.6 is 0 Å². The summed E-state index contributed by atoms with van der Waals surface area (Å²) in [6, 6.07) is 0.247. The van der Waals surface area contributed by atoms with Gasteiger partial charge in [-0.3, -0.25) is 0 Å². The number of hydrogen-bond donors (Lipinski definition) is 0. The summed E-state index contributed by atoms with van der Waals surface area (Å²) < 4.78 is 12.8. The zero-order valence-corrected chi connectivity index (χ0v) is 6.51. The van der Waals surface area contributed by atoms with Gasteiger partial charge < -0.3 is 9.47 Å². The standard InChI is InChI=1S/C7H9N3O2/c1-5-2-12-7-4-11-3-6(7)10(5)9-8-1/h1,6-7H,2-4H2/t6-,7-/m1/s1. The van der Waals surface area contributed by atoms with E-state index in [2.05, 4.69) is 10.3 Å². The third-order valence-corrected chi connectivity index (χ3v) is 2.41. The van der Waals surface area contributed by atoms with E-state index in [1.54, 1.807) is 6.20 Å². The van der Waals surface area contributed by atoms with Crippen LogP contribution in [0.4, 0.5) is 0 Å². The quantitative estimate of drug-likeness (QED) is 0.534. The van der Waals surface area contributed by atoms with Crippen LogP contribution in [0.5, 0.6) is 0 Å². The van der Waals surface area contributed by atoms with E-state index < -0.39 is 0 Å². The minimum absolute atomic E-state index is 0.180. The summed E-state index contributed by atoms with van der Waals surface area (Å²) in [5.74, 6) is 0. The van der Waals surface area contributed by atoms with Gasteiger partial charge in [0.2, 0.25) is 0 Å². The molecule has 2 aliphatic heterocycles. The van der Waals surface area contributed by atoms with E-state index in [0.717, 1.165) is 5.69 Å². The fraction of sp³-hybridized carbons (Fsp3) is 0.714. The molecule has 1 aromatic rings. The van der Waals surface area contributed by atoms with Crippen molar-refractivity contribution in [2.45, 2.75) is 18.8 Å². The average molecular weight is 167 g/mol. The number of rotatable bonds is 0. The van der Waals surface area contributed by atoms with Crippen molar-refractivity contribution >= 4 is 0 Å². The molecule has 3 heterocycles. The highest BCUT2D eigenvalue weighted by Crippen LogP contribution is 2.27. The molecule has 5 nitrogen and oxygen atoms in total. The predicted octanol–water partition coefficient (Wildman–Crippen LogP) is -0.252. The lowest BCUT2D eigenvalue weighted by Crippen LogP contribution is -2.32. The number of fused-ring (bicyclic) bond motifs is 3. The Morgan fingerprint density at radius 3 is 3.50 bits per heavy atom. The molecule has 1 fully saturated rings. The lowest BCUT2D eigenvalue weighted by Gasteiger charge is -2.24. The molecule has 0 aromatic carbocycles. The van der Waals surface area contributed by atoms with Crippen LogP contribution in [0.15, 0.2) is 6.20 Å². The Labute approximate surface area is 69.3 Å². The fourth-order valence-electron chi connectivity index (χ4n) is 1.75. The van der Waals surface area contributed by atoms with Gasteiger partial charge in [0.05, 0.1) is 31.7 Å². The second kappa shape index (κ2) is 2.27. The lowest BCUT2D eigenvalue weighted by atomic mass is 10.2. The lowest BCUT2D eigenvalue weighted by molar-refractivity contribution is -0.00941. The van der Waals surface area contributed by atoms with Gasteiger partial charge in [-0.25, -0.2) is 4.68 Å². The Hall–Kier alpha value is -0.940. The monoisotopic (exact) mass is 167 g/mol. The van der Waals surface area contributed by atoms with Gasteiger partial charge in [0, 0.05) is 0 Å². The zero-order chi connectivity index (χ0) is 7.97. The topological polar surface area (TPSA) is 49.2 Å². The molecular weight excluding hydrogens is 158 g/mol. The number of aromatic nitrogens is 3. The minimum Gasteiger partial charge on any atom is -0.376 e. The van der Waals surface area contributed by atoms with Crippen molar-refractivity contribution in [3.63, 3.8) is 0 Å². The maximum absolute atomic E-state index is 5.56. The van der Waals surface area contributed by atoms with Crippen LogP contribution in [0.1, 0.15) is 11.7 Å². The van der Waals surface area contributed by atoms with Gasteiger partial charge in [-0.2, -0.15) is 0 Å². The van der Waals surface area contributed by atoms with Crippen molar-refractivity contribution in [1.29, 1.82) is 0 Å². The summed E-state index contributed by atoms with van der Waals surface area (Å²) in [7, 11) is 0. The number of nitrogens with zero attached hydrogens (tertiary/aromatic N) is 3. The highest BCUT2D eigenvalue weighted by atomic mass is 16.5. The normalized spacial score (nSPS) is 33.0. The molecule has 0 aliphatic carbocycles. The molecule has 1 saturated heterocycles. The molecule has 0 spiro atoms. The molecule has 0 N–H and O–H groups in total. The van der Waals surface area contributed by atoms with Crippen molar-refractivity contribution < 1.29 is 9.47 Å². The van der Waals surface area contributed by atoms with Crippen LogP contribution in [-0.2, 0) is 16.1 Å². The Morgan fingerprint density at radius 1 is 1.50 bits per heavy atom. The maximum Gasteiger partial charge on any atom is 0.106 e. The van der Waals surface area contributed by atoms with Gasteiger partial charge >= 0.3 is 0 Å². The van der Waals surface area contributed by atoms with E-state index in [1.807, 2.05) is 4.68 Å². The van der Waals surface area contributed by atoms with Crippen LogP contribution in [0.3, 0.4) is 0 Å².